The lowest BCUT2D eigenvalue weighted by Crippen LogP contribution is -2.33. The predicted molar refractivity (Wildman–Crippen MR) is 154 cm³/mol. The molecule has 0 amide bonds. The number of carbonyl (C=O) groups is 2. The zero-order chi connectivity index (χ0) is 27.5. The second kappa shape index (κ2) is 13.9. The highest BCUT2D eigenvalue weighted by molar-refractivity contribution is 6.12. The molecule has 0 radical (unpaired) electrons. The standard InChI is InChI=1S/C33H34N2O4/c1-24-9-8-10-26(21-24)23-34-19-20-39-28-17-15-25(16-18-28)22-31(33(37)38-2)35-30-14-7-6-13-29(30)32(36)27-11-4-3-5-12-27/h3-18,21,31,34-35H,19-20,22-23H2,1-2H3. The summed E-state index contributed by atoms with van der Waals surface area (Å²) in [5, 5.41) is 6.64. The fourth-order valence-corrected chi connectivity index (χ4v) is 4.33. The summed E-state index contributed by atoms with van der Waals surface area (Å²) in [4.78, 5) is 25.8. The molecular formula is C33H34N2O4. The van der Waals surface area contributed by atoms with Gasteiger partial charge in [-0.15, -0.1) is 0 Å². The van der Waals surface area contributed by atoms with Crippen molar-refractivity contribution in [2.24, 2.45) is 0 Å². The number of ether oxygens (including phenoxy) is 2. The van der Waals surface area contributed by atoms with Gasteiger partial charge < -0.3 is 20.1 Å². The molecule has 4 aromatic rings. The number of rotatable bonds is 13. The van der Waals surface area contributed by atoms with E-state index in [9.17, 15) is 9.59 Å². The summed E-state index contributed by atoms with van der Waals surface area (Å²) in [7, 11) is 1.36. The van der Waals surface area contributed by atoms with Crippen LogP contribution in [-0.2, 0) is 22.5 Å². The lowest BCUT2D eigenvalue weighted by Gasteiger charge is -2.20. The summed E-state index contributed by atoms with van der Waals surface area (Å²) >= 11 is 0. The summed E-state index contributed by atoms with van der Waals surface area (Å²) in [6, 6.07) is 31.7. The maximum absolute atomic E-state index is 13.1. The number of benzene rings is 4. The zero-order valence-corrected chi connectivity index (χ0v) is 22.4. The highest BCUT2D eigenvalue weighted by Gasteiger charge is 2.22. The number of hydrogen-bond donors (Lipinski definition) is 2. The van der Waals surface area contributed by atoms with E-state index in [1.54, 1.807) is 24.3 Å². The van der Waals surface area contributed by atoms with Gasteiger partial charge in [0.15, 0.2) is 5.78 Å². The average molecular weight is 523 g/mol. The second-order valence-corrected chi connectivity index (χ2v) is 9.32. The zero-order valence-electron chi connectivity index (χ0n) is 22.4. The van der Waals surface area contributed by atoms with E-state index in [1.165, 1.54) is 18.2 Å². The maximum atomic E-state index is 13.1. The van der Waals surface area contributed by atoms with Crippen LogP contribution < -0.4 is 15.4 Å². The van der Waals surface area contributed by atoms with Gasteiger partial charge in [-0.25, -0.2) is 4.79 Å². The summed E-state index contributed by atoms with van der Waals surface area (Å²) in [5.41, 5.74) is 5.11. The van der Waals surface area contributed by atoms with Gasteiger partial charge in [-0.05, 0) is 42.3 Å². The van der Waals surface area contributed by atoms with E-state index in [4.69, 9.17) is 9.47 Å². The molecule has 0 bridgehead atoms. The Kier molecular flexibility index (Phi) is 9.86. The molecule has 0 saturated heterocycles. The average Bonchev–Trinajstić information content (AvgIpc) is 2.97. The minimum Gasteiger partial charge on any atom is -0.492 e. The first-order chi connectivity index (χ1) is 19.0. The van der Waals surface area contributed by atoms with Crippen LogP contribution in [0.2, 0.25) is 0 Å². The predicted octanol–water partition coefficient (Wildman–Crippen LogP) is 5.59. The molecule has 4 aromatic carbocycles. The lowest BCUT2D eigenvalue weighted by atomic mass is 10.00. The number of esters is 1. The van der Waals surface area contributed by atoms with Crippen molar-refractivity contribution in [3.8, 4) is 5.75 Å². The molecule has 1 atom stereocenters. The second-order valence-electron chi connectivity index (χ2n) is 9.32. The molecule has 0 aliphatic carbocycles. The highest BCUT2D eigenvalue weighted by Crippen LogP contribution is 2.22. The van der Waals surface area contributed by atoms with Crippen molar-refractivity contribution in [2.75, 3.05) is 25.6 Å². The van der Waals surface area contributed by atoms with Gasteiger partial charge in [0, 0.05) is 36.3 Å². The van der Waals surface area contributed by atoms with Crippen molar-refractivity contribution < 1.29 is 19.1 Å². The minimum atomic E-state index is -0.669. The van der Waals surface area contributed by atoms with Gasteiger partial charge in [-0.3, -0.25) is 4.79 Å². The number of para-hydroxylation sites is 1. The first kappa shape index (κ1) is 27.6. The number of anilines is 1. The quantitative estimate of drug-likeness (QED) is 0.135. The van der Waals surface area contributed by atoms with E-state index < -0.39 is 12.0 Å². The van der Waals surface area contributed by atoms with Crippen molar-refractivity contribution in [3.63, 3.8) is 0 Å². The maximum Gasteiger partial charge on any atom is 0.328 e. The van der Waals surface area contributed by atoms with Crippen LogP contribution in [0.1, 0.15) is 32.6 Å². The summed E-state index contributed by atoms with van der Waals surface area (Å²) in [6.45, 7) is 4.16. The van der Waals surface area contributed by atoms with Crippen LogP contribution in [0.4, 0.5) is 5.69 Å². The third kappa shape index (κ3) is 8.03. The fourth-order valence-electron chi connectivity index (χ4n) is 4.33. The largest absolute Gasteiger partial charge is 0.492 e. The normalized spacial score (nSPS) is 11.4. The molecule has 2 N–H and O–H groups in total. The van der Waals surface area contributed by atoms with Gasteiger partial charge in [0.2, 0.25) is 0 Å². The first-order valence-corrected chi connectivity index (χ1v) is 13.0. The van der Waals surface area contributed by atoms with E-state index in [0.29, 0.717) is 29.8 Å². The van der Waals surface area contributed by atoms with E-state index in [2.05, 4.69) is 41.8 Å². The van der Waals surface area contributed by atoms with E-state index in [-0.39, 0.29) is 5.78 Å². The fraction of sp³-hybridized carbons (Fsp3) is 0.212. The van der Waals surface area contributed by atoms with Gasteiger partial charge >= 0.3 is 5.97 Å². The van der Waals surface area contributed by atoms with Gasteiger partial charge in [0.1, 0.15) is 18.4 Å². The molecule has 0 aromatic heterocycles. The van der Waals surface area contributed by atoms with Crippen LogP contribution in [0.25, 0.3) is 0 Å². The Morgan fingerprint density at radius 3 is 2.31 bits per heavy atom. The first-order valence-electron chi connectivity index (χ1n) is 13.0. The molecule has 0 heterocycles. The Morgan fingerprint density at radius 2 is 1.56 bits per heavy atom. The monoisotopic (exact) mass is 522 g/mol. The molecule has 39 heavy (non-hydrogen) atoms. The van der Waals surface area contributed by atoms with Crippen molar-refractivity contribution >= 4 is 17.4 Å². The molecule has 200 valence electrons. The molecular weight excluding hydrogens is 488 g/mol. The smallest absolute Gasteiger partial charge is 0.328 e. The Balaban J connectivity index is 1.34. The summed E-state index contributed by atoms with van der Waals surface area (Å²) in [5.74, 6) is 0.242. The van der Waals surface area contributed by atoms with Crippen molar-refractivity contribution in [1.82, 2.24) is 5.32 Å². The van der Waals surface area contributed by atoms with Crippen molar-refractivity contribution in [3.05, 3.63) is 131 Å². The summed E-state index contributed by atoms with van der Waals surface area (Å²) < 4.78 is 10.9. The Bertz CT molecular complexity index is 1370. The molecule has 0 saturated carbocycles. The SMILES string of the molecule is COC(=O)C(Cc1ccc(OCCNCc2cccc(C)c2)cc1)Nc1ccccc1C(=O)c1ccccc1. The molecule has 0 fully saturated rings. The molecule has 4 rings (SSSR count). The lowest BCUT2D eigenvalue weighted by molar-refractivity contribution is -0.141. The van der Waals surface area contributed by atoms with Gasteiger partial charge in [-0.1, -0.05) is 84.4 Å². The Hall–Kier alpha value is -4.42. The topological polar surface area (TPSA) is 76.7 Å². The highest BCUT2D eigenvalue weighted by atomic mass is 16.5. The molecule has 0 aliphatic rings. The van der Waals surface area contributed by atoms with E-state index >= 15 is 0 Å². The Labute approximate surface area is 230 Å². The summed E-state index contributed by atoms with van der Waals surface area (Å²) in [6.07, 6.45) is 0.388. The van der Waals surface area contributed by atoms with Crippen LogP contribution in [0.15, 0.2) is 103 Å². The van der Waals surface area contributed by atoms with Crippen LogP contribution in [0, 0.1) is 6.92 Å². The molecule has 6 nitrogen and oxygen atoms in total. The number of nitrogens with one attached hydrogen (secondary N) is 2. The van der Waals surface area contributed by atoms with Crippen LogP contribution in [-0.4, -0.2) is 38.1 Å². The number of ketones is 1. The van der Waals surface area contributed by atoms with Gasteiger partial charge in [0.05, 0.1) is 7.11 Å². The van der Waals surface area contributed by atoms with Crippen molar-refractivity contribution in [2.45, 2.75) is 25.9 Å². The molecule has 0 spiro atoms. The van der Waals surface area contributed by atoms with E-state index in [1.807, 2.05) is 54.6 Å². The molecule has 6 heteroatoms. The van der Waals surface area contributed by atoms with Crippen LogP contribution in [0.3, 0.4) is 0 Å². The number of aryl methyl sites for hydroxylation is 1. The molecule has 0 aliphatic heterocycles. The number of methoxy groups -OCH3 is 1. The van der Waals surface area contributed by atoms with Gasteiger partial charge in [0.25, 0.3) is 0 Å². The molecule has 1 unspecified atom stereocenters. The third-order valence-electron chi connectivity index (χ3n) is 6.35. The number of hydrogen-bond acceptors (Lipinski definition) is 6. The van der Waals surface area contributed by atoms with E-state index in [0.717, 1.165) is 24.4 Å². The van der Waals surface area contributed by atoms with Crippen LogP contribution in [0.5, 0.6) is 5.75 Å². The van der Waals surface area contributed by atoms with Crippen molar-refractivity contribution in [1.29, 1.82) is 0 Å². The minimum absolute atomic E-state index is 0.114. The van der Waals surface area contributed by atoms with Crippen LogP contribution >= 0.6 is 0 Å². The van der Waals surface area contributed by atoms with Gasteiger partial charge in [-0.2, -0.15) is 0 Å². The number of carbonyl (C=O) groups excluding carboxylic acids is 2. The third-order valence-corrected chi connectivity index (χ3v) is 6.35. The Morgan fingerprint density at radius 1 is 0.821 bits per heavy atom.